The zero-order valence-electron chi connectivity index (χ0n) is 16.2. The van der Waals surface area contributed by atoms with E-state index < -0.39 is 40.9 Å². The average molecular weight is 398 g/mol. The number of barbiturate groups is 1. The van der Waals surface area contributed by atoms with Crippen LogP contribution in [0, 0.1) is 5.92 Å². The van der Waals surface area contributed by atoms with E-state index in [4.69, 9.17) is 4.74 Å². The van der Waals surface area contributed by atoms with Crippen LogP contribution in [0.15, 0.2) is 33.9 Å². The van der Waals surface area contributed by atoms with Gasteiger partial charge in [0.25, 0.3) is 5.56 Å². The molecule has 10 nitrogen and oxygen atoms in total. The number of rotatable bonds is 1. The molecule has 1 aromatic heterocycles. The number of para-hydroxylation sites is 1. The zero-order chi connectivity index (χ0) is 21.2. The summed E-state index contributed by atoms with van der Waals surface area (Å²) in [4.78, 5) is 65.3. The van der Waals surface area contributed by atoms with Gasteiger partial charge in [0, 0.05) is 39.7 Å². The van der Waals surface area contributed by atoms with Gasteiger partial charge in [-0.25, -0.2) is 9.59 Å². The van der Waals surface area contributed by atoms with Gasteiger partial charge in [0.1, 0.15) is 11.7 Å². The van der Waals surface area contributed by atoms with Gasteiger partial charge in [0.05, 0.1) is 5.56 Å². The second-order valence-corrected chi connectivity index (χ2v) is 7.10. The lowest BCUT2D eigenvalue weighted by Gasteiger charge is -2.38. The molecule has 10 heteroatoms. The minimum atomic E-state index is -1.35. The molecule has 29 heavy (non-hydrogen) atoms. The lowest BCUT2D eigenvalue weighted by Crippen LogP contribution is -2.59. The maximum Gasteiger partial charge on any atom is 0.333 e. The van der Waals surface area contributed by atoms with Gasteiger partial charge >= 0.3 is 11.7 Å². The Balaban J connectivity index is 2.06. The number of benzene rings is 1. The highest BCUT2D eigenvalue weighted by atomic mass is 16.5. The highest BCUT2D eigenvalue weighted by molar-refractivity contribution is 6.16. The van der Waals surface area contributed by atoms with Gasteiger partial charge in [-0.2, -0.15) is 0 Å². The number of carbonyl (C=O) groups is 3. The third-order valence-corrected chi connectivity index (χ3v) is 5.52. The molecule has 3 heterocycles. The summed E-state index contributed by atoms with van der Waals surface area (Å²) in [6.07, 6.45) is 0. The largest absolute Gasteiger partial charge is 0.440 e. The number of fused-ring (bicyclic) bond motifs is 2. The molecule has 1 unspecified atom stereocenters. The number of aromatic nitrogens is 2. The lowest BCUT2D eigenvalue weighted by atomic mass is 9.77. The van der Waals surface area contributed by atoms with Gasteiger partial charge in [-0.15, -0.1) is 0 Å². The van der Waals surface area contributed by atoms with E-state index in [-0.39, 0.29) is 11.4 Å². The van der Waals surface area contributed by atoms with E-state index in [2.05, 4.69) is 0 Å². The molecule has 4 amide bonds. The van der Waals surface area contributed by atoms with Crippen LogP contribution in [-0.4, -0.2) is 50.9 Å². The Hall–Kier alpha value is -3.69. The monoisotopic (exact) mass is 398 g/mol. The Labute approximate surface area is 164 Å². The smallest absolute Gasteiger partial charge is 0.333 e. The number of amides is 4. The van der Waals surface area contributed by atoms with E-state index in [1.165, 1.54) is 28.2 Å². The summed E-state index contributed by atoms with van der Waals surface area (Å²) in [5.74, 6) is -3.50. The molecule has 1 aromatic carbocycles. The molecule has 1 atom stereocenters. The molecule has 4 rings (SSSR count). The zero-order valence-corrected chi connectivity index (χ0v) is 16.2. The van der Waals surface area contributed by atoms with Gasteiger partial charge < -0.3 is 4.74 Å². The summed E-state index contributed by atoms with van der Waals surface area (Å²) in [7, 11) is 5.32. The van der Waals surface area contributed by atoms with Crippen LogP contribution in [0.2, 0.25) is 0 Å². The number of hydrogen-bond acceptors (Lipinski definition) is 6. The van der Waals surface area contributed by atoms with Crippen LogP contribution >= 0.6 is 0 Å². The molecule has 0 spiro atoms. The fraction of sp³-hybridized carbons (Fsp3) is 0.316. The topological polar surface area (TPSA) is 111 Å². The fourth-order valence-corrected chi connectivity index (χ4v) is 3.90. The second-order valence-electron chi connectivity index (χ2n) is 7.10. The maximum absolute atomic E-state index is 13.0. The highest BCUT2D eigenvalue weighted by Crippen LogP contribution is 2.46. The van der Waals surface area contributed by atoms with Crippen molar-refractivity contribution in [2.75, 3.05) is 14.1 Å². The van der Waals surface area contributed by atoms with Crippen molar-refractivity contribution in [2.45, 2.75) is 5.92 Å². The summed E-state index contributed by atoms with van der Waals surface area (Å²) in [5, 5.41) is 0. The number of nitrogens with zero attached hydrogens (tertiary/aromatic N) is 4. The Morgan fingerprint density at radius 2 is 1.38 bits per heavy atom. The number of hydrogen-bond donors (Lipinski definition) is 0. The van der Waals surface area contributed by atoms with Gasteiger partial charge in [-0.05, 0) is 6.07 Å². The first kappa shape index (κ1) is 18.7. The van der Waals surface area contributed by atoms with Crippen LogP contribution in [0.5, 0.6) is 11.6 Å². The summed E-state index contributed by atoms with van der Waals surface area (Å²) < 4.78 is 7.89. The van der Waals surface area contributed by atoms with Crippen LogP contribution in [0.25, 0.3) is 0 Å². The standard InChI is InChI=1S/C19H18N4O6/c1-20-14(24)12(15(25)21(2)18(20)27)11-9-7-5-6-8-10(9)29-17-13(11)16(26)22(3)19(28)23(17)4/h5-8,11-12H,1-4H3. The Kier molecular flexibility index (Phi) is 3.96. The van der Waals surface area contributed by atoms with Crippen molar-refractivity contribution < 1.29 is 19.1 Å². The van der Waals surface area contributed by atoms with E-state index in [1.807, 2.05) is 0 Å². The van der Waals surface area contributed by atoms with E-state index in [9.17, 15) is 24.0 Å². The Morgan fingerprint density at radius 1 is 0.793 bits per heavy atom. The van der Waals surface area contributed by atoms with Crippen LogP contribution in [0.3, 0.4) is 0 Å². The van der Waals surface area contributed by atoms with Crippen LogP contribution < -0.4 is 16.0 Å². The first-order chi connectivity index (χ1) is 13.7. The molecule has 0 radical (unpaired) electrons. The first-order valence-electron chi connectivity index (χ1n) is 8.82. The molecule has 2 aliphatic rings. The number of ether oxygens (including phenoxy) is 1. The molecule has 0 saturated carbocycles. The van der Waals surface area contributed by atoms with E-state index in [0.29, 0.717) is 11.3 Å². The van der Waals surface area contributed by atoms with Crippen LogP contribution in [0.1, 0.15) is 17.0 Å². The van der Waals surface area contributed by atoms with Crippen molar-refractivity contribution in [1.29, 1.82) is 0 Å². The van der Waals surface area contributed by atoms with E-state index >= 15 is 0 Å². The third kappa shape index (κ3) is 2.38. The summed E-state index contributed by atoms with van der Waals surface area (Å²) >= 11 is 0. The van der Waals surface area contributed by atoms with Crippen molar-refractivity contribution in [1.82, 2.24) is 18.9 Å². The fourth-order valence-electron chi connectivity index (χ4n) is 3.90. The van der Waals surface area contributed by atoms with Crippen molar-refractivity contribution in [2.24, 2.45) is 20.0 Å². The minimum absolute atomic E-state index is 0.0235. The number of urea groups is 1. The number of carbonyl (C=O) groups excluding carboxylic acids is 3. The quantitative estimate of drug-likeness (QED) is 0.625. The van der Waals surface area contributed by atoms with Crippen molar-refractivity contribution in [3.63, 3.8) is 0 Å². The van der Waals surface area contributed by atoms with Crippen LogP contribution in [-0.2, 0) is 23.7 Å². The predicted molar refractivity (Wildman–Crippen MR) is 99.7 cm³/mol. The molecule has 2 aliphatic heterocycles. The van der Waals surface area contributed by atoms with Gasteiger partial charge in [0.2, 0.25) is 17.7 Å². The normalized spacial score (nSPS) is 19.2. The van der Waals surface area contributed by atoms with Gasteiger partial charge in [0.15, 0.2) is 0 Å². The van der Waals surface area contributed by atoms with E-state index in [0.717, 1.165) is 18.9 Å². The highest BCUT2D eigenvalue weighted by Gasteiger charge is 2.51. The summed E-state index contributed by atoms with van der Waals surface area (Å²) in [6, 6.07) is 5.94. The molecule has 0 N–H and O–H groups in total. The second kappa shape index (κ2) is 6.16. The third-order valence-electron chi connectivity index (χ3n) is 5.52. The van der Waals surface area contributed by atoms with Gasteiger partial charge in [-0.1, -0.05) is 18.2 Å². The summed E-state index contributed by atoms with van der Waals surface area (Å²) in [6.45, 7) is 0. The Morgan fingerprint density at radius 3 is 2.00 bits per heavy atom. The van der Waals surface area contributed by atoms with Crippen LogP contribution in [0.4, 0.5) is 4.79 Å². The van der Waals surface area contributed by atoms with Crippen molar-refractivity contribution in [3.8, 4) is 11.6 Å². The minimum Gasteiger partial charge on any atom is -0.440 e. The molecular weight excluding hydrogens is 380 g/mol. The van der Waals surface area contributed by atoms with Crippen molar-refractivity contribution in [3.05, 3.63) is 56.2 Å². The maximum atomic E-state index is 13.0. The number of imide groups is 2. The summed E-state index contributed by atoms with van der Waals surface area (Å²) in [5.41, 5.74) is -0.780. The molecule has 1 saturated heterocycles. The van der Waals surface area contributed by atoms with Crippen molar-refractivity contribution >= 4 is 17.8 Å². The molecule has 2 aromatic rings. The van der Waals surface area contributed by atoms with Gasteiger partial charge in [-0.3, -0.25) is 33.3 Å². The van der Waals surface area contributed by atoms with E-state index in [1.54, 1.807) is 24.3 Å². The average Bonchev–Trinajstić information content (AvgIpc) is 2.73. The lowest BCUT2D eigenvalue weighted by molar-refractivity contribution is -0.148. The first-order valence-corrected chi connectivity index (χ1v) is 8.82. The molecular formula is C19H18N4O6. The molecule has 0 bridgehead atoms. The predicted octanol–water partition coefficient (Wildman–Crippen LogP) is -0.0118. The Bertz CT molecular complexity index is 1190. The SMILES string of the molecule is CN1C(=O)C(C2c3ccccc3Oc3c2c(=O)n(C)c(=O)n3C)C(=O)N(C)C1=O. The molecule has 1 fully saturated rings. The molecule has 0 aliphatic carbocycles. The molecule has 150 valence electrons.